The Kier molecular flexibility index (Phi) is 5.02. The summed E-state index contributed by atoms with van der Waals surface area (Å²) < 4.78 is 26.5. The van der Waals surface area contributed by atoms with Crippen LogP contribution in [0.3, 0.4) is 0 Å². The fraction of sp³-hybridized carbons (Fsp3) is 0.588. The molecular formula is C17H24N2O3S. The van der Waals surface area contributed by atoms with Crippen LogP contribution in [-0.2, 0) is 21.2 Å². The van der Waals surface area contributed by atoms with E-state index in [9.17, 15) is 13.2 Å². The maximum atomic E-state index is 12.5. The topological polar surface area (TPSA) is 57.7 Å². The normalized spacial score (nSPS) is 19.4. The second kappa shape index (κ2) is 7.01. The zero-order valence-electron chi connectivity index (χ0n) is 13.4. The molecule has 2 heterocycles. The lowest BCUT2D eigenvalue weighted by Crippen LogP contribution is -2.28. The van der Waals surface area contributed by atoms with E-state index < -0.39 is 10.0 Å². The highest BCUT2D eigenvalue weighted by molar-refractivity contribution is 7.89. The Morgan fingerprint density at radius 2 is 1.48 bits per heavy atom. The highest BCUT2D eigenvalue weighted by Gasteiger charge is 2.26. The van der Waals surface area contributed by atoms with Gasteiger partial charge in [0, 0.05) is 32.6 Å². The van der Waals surface area contributed by atoms with Crippen molar-refractivity contribution in [3.8, 4) is 0 Å². The van der Waals surface area contributed by atoms with Crippen molar-refractivity contribution in [1.82, 2.24) is 9.21 Å². The van der Waals surface area contributed by atoms with Gasteiger partial charge < -0.3 is 4.90 Å². The van der Waals surface area contributed by atoms with Gasteiger partial charge in [-0.15, -0.1) is 0 Å². The largest absolute Gasteiger partial charge is 0.343 e. The number of sulfonamides is 1. The molecule has 6 heteroatoms. The van der Waals surface area contributed by atoms with Crippen molar-refractivity contribution in [2.45, 2.75) is 43.4 Å². The summed E-state index contributed by atoms with van der Waals surface area (Å²) in [6.07, 6.45) is 5.26. The van der Waals surface area contributed by atoms with E-state index in [1.165, 1.54) is 0 Å². The lowest BCUT2D eigenvalue weighted by Gasteiger charge is -2.16. The van der Waals surface area contributed by atoms with Crippen LogP contribution >= 0.6 is 0 Å². The van der Waals surface area contributed by atoms with Gasteiger partial charge in [-0.3, -0.25) is 4.79 Å². The fourth-order valence-corrected chi connectivity index (χ4v) is 4.80. The molecule has 2 aliphatic rings. The number of hydrogen-bond donors (Lipinski definition) is 0. The van der Waals surface area contributed by atoms with Crippen molar-refractivity contribution < 1.29 is 13.2 Å². The average Bonchev–Trinajstić information content (AvgIpc) is 3.25. The Bertz CT molecular complexity index is 643. The number of benzene rings is 1. The molecule has 126 valence electrons. The molecule has 0 atom stereocenters. The molecule has 1 aromatic rings. The summed E-state index contributed by atoms with van der Waals surface area (Å²) in [5, 5.41) is 0. The molecule has 2 saturated heterocycles. The molecule has 2 aliphatic heterocycles. The minimum atomic E-state index is -3.34. The van der Waals surface area contributed by atoms with E-state index in [1.807, 2.05) is 17.0 Å². The molecular weight excluding hydrogens is 312 g/mol. The van der Waals surface area contributed by atoms with Crippen LogP contribution in [0.1, 0.15) is 37.7 Å². The van der Waals surface area contributed by atoms with Crippen molar-refractivity contribution in [3.05, 3.63) is 29.8 Å². The number of carbonyl (C=O) groups excluding carboxylic acids is 1. The predicted octanol–water partition coefficient (Wildman–Crippen LogP) is 2.03. The highest BCUT2D eigenvalue weighted by Crippen LogP contribution is 2.21. The van der Waals surface area contributed by atoms with Crippen molar-refractivity contribution in [2.75, 3.05) is 26.2 Å². The van der Waals surface area contributed by atoms with Crippen LogP contribution in [0.4, 0.5) is 0 Å². The van der Waals surface area contributed by atoms with Gasteiger partial charge in [-0.2, -0.15) is 4.31 Å². The minimum Gasteiger partial charge on any atom is -0.343 e. The number of rotatable bonds is 5. The second-order valence-corrected chi connectivity index (χ2v) is 8.28. The van der Waals surface area contributed by atoms with Crippen LogP contribution in [0.2, 0.25) is 0 Å². The quantitative estimate of drug-likeness (QED) is 0.827. The van der Waals surface area contributed by atoms with Crippen LogP contribution in [0.5, 0.6) is 0 Å². The fourth-order valence-electron chi connectivity index (χ4n) is 3.28. The Hall–Kier alpha value is -1.40. The van der Waals surface area contributed by atoms with Crippen LogP contribution in [0.25, 0.3) is 0 Å². The zero-order valence-corrected chi connectivity index (χ0v) is 14.2. The summed E-state index contributed by atoms with van der Waals surface area (Å²) in [6.45, 7) is 3.00. The molecule has 1 aromatic carbocycles. The van der Waals surface area contributed by atoms with Crippen LogP contribution in [0.15, 0.2) is 29.2 Å². The van der Waals surface area contributed by atoms with Gasteiger partial charge in [-0.25, -0.2) is 8.42 Å². The molecule has 5 nitrogen and oxygen atoms in total. The lowest BCUT2D eigenvalue weighted by atomic mass is 10.1. The number of carbonyl (C=O) groups is 1. The Morgan fingerprint density at radius 1 is 0.913 bits per heavy atom. The molecule has 2 fully saturated rings. The maximum Gasteiger partial charge on any atom is 0.243 e. The van der Waals surface area contributed by atoms with Gasteiger partial charge in [0.15, 0.2) is 0 Å². The molecule has 0 N–H and O–H groups in total. The van der Waals surface area contributed by atoms with Gasteiger partial charge in [0.25, 0.3) is 0 Å². The first-order valence-electron chi connectivity index (χ1n) is 8.44. The SMILES string of the molecule is O=C(CCc1ccc(S(=O)(=O)N2CCCC2)cc1)N1CCCC1. The molecule has 0 unspecified atom stereocenters. The molecule has 0 aromatic heterocycles. The van der Waals surface area contributed by atoms with Gasteiger partial charge in [0.05, 0.1) is 4.90 Å². The number of hydrogen-bond acceptors (Lipinski definition) is 3. The monoisotopic (exact) mass is 336 g/mol. The first kappa shape index (κ1) is 16.5. The van der Waals surface area contributed by atoms with Gasteiger partial charge in [-0.1, -0.05) is 12.1 Å². The van der Waals surface area contributed by atoms with E-state index in [0.717, 1.165) is 44.3 Å². The molecule has 1 amide bonds. The van der Waals surface area contributed by atoms with E-state index >= 15 is 0 Å². The number of aryl methyl sites for hydroxylation is 1. The number of amides is 1. The van der Waals surface area contributed by atoms with Gasteiger partial charge in [0.2, 0.25) is 15.9 Å². The summed E-state index contributed by atoms with van der Waals surface area (Å²) in [7, 11) is -3.34. The van der Waals surface area contributed by atoms with Crippen LogP contribution < -0.4 is 0 Å². The molecule has 0 aliphatic carbocycles. The molecule has 23 heavy (non-hydrogen) atoms. The smallest absolute Gasteiger partial charge is 0.243 e. The van der Waals surface area contributed by atoms with Crippen molar-refractivity contribution in [1.29, 1.82) is 0 Å². The summed E-state index contributed by atoms with van der Waals surface area (Å²) in [5.41, 5.74) is 1.01. The third-order valence-electron chi connectivity index (χ3n) is 4.71. The number of likely N-dealkylation sites (tertiary alicyclic amines) is 1. The summed E-state index contributed by atoms with van der Waals surface area (Å²) >= 11 is 0. The summed E-state index contributed by atoms with van der Waals surface area (Å²) in [5.74, 6) is 0.205. The predicted molar refractivity (Wildman–Crippen MR) is 88.6 cm³/mol. The number of nitrogens with zero attached hydrogens (tertiary/aromatic N) is 2. The standard InChI is InChI=1S/C17H24N2O3S/c20-17(18-11-1-2-12-18)10-7-15-5-8-16(9-6-15)23(21,22)19-13-3-4-14-19/h5-6,8-9H,1-4,7,10-14H2. The van der Waals surface area contributed by atoms with E-state index in [-0.39, 0.29) is 5.91 Å². The van der Waals surface area contributed by atoms with Gasteiger partial charge in [0.1, 0.15) is 0 Å². The third kappa shape index (κ3) is 3.75. The molecule has 0 spiro atoms. The Labute approximate surface area is 138 Å². The Morgan fingerprint density at radius 3 is 2.09 bits per heavy atom. The average molecular weight is 336 g/mol. The highest BCUT2D eigenvalue weighted by atomic mass is 32.2. The molecule has 0 bridgehead atoms. The van der Waals surface area contributed by atoms with Crippen molar-refractivity contribution in [2.24, 2.45) is 0 Å². The van der Waals surface area contributed by atoms with E-state index in [2.05, 4.69) is 0 Å². The lowest BCUT2D eigenvalue weighted by molar-refractivity contribution is -0.130. The van der Waals surface area contributed by atoms with Crippen molar-refractivity contribution >= 4 is 15.9 Å². The third-order valence-corrected chi connectivity index (χ3v) is 6.63. The van der Waals surface area contributed by atoms with E-state index in [1.54, 1.807) is 16.4 Å². The van der Waals surface area contributed by atoms with Gasteiger partial charge in [-0.05, 0) is 49.8 Å². The first-order chi connectivity index (χ1) is 11.1. The second-order valence-electron chi connectivity index (χ2n) is 6.34. The summed E-state index contributed by atoms with van der Waals surface area (Å²) in [4.78, 5) is 14.3. The first-order valence-corrected chi connectivity index (χ1v) is 9.88. The van der Waals surface area contributed by atoms with E-state index in [4.69, 9.17) is 0 Å². The van der Waals surface area contributed by atoms with Crippen LogP contribution in [-0.4, -0.2) is 49.7 Å². The minimum absolute atomic E-state index is 0.205. The van der Waals surface area contributed by atoms with Crippen LogP contribution in [0, 0.1) is 0 Å². The van der Waals surface area contributed by atoms with Gasteiger partial charge >= 0.3 is 0 Å². The molecule has 0 radical (unpaired) electrons. The van der Waals surface area contributed by atoms with Crippen molar-refractivity contribution in [3.63, 3.8) is 0 Å². The molecule has 0 saturated carbocycles. The zero-order chi connectivity index (χ0) is 16.3. The Balaban J connectivity index is 1.59. The maximum absolute atomic E-state index is 12.5. The molecule has 3 rings (SSSR count). The van der Waals surface area contributed by atoms with E-state index in [0.29, 0.717) is 30.8 Å². The summed E-state index contributed by atoms with van der Waals surface area (Å²) in [6, 6.07) is 7.01.